The van der Waals surface area contributed by atoms with Gasteiger partial charge in [-0.1, -0.05) is 0 Å². The van der Waals surface area contributed by atoms with E-state index in [0.717, 1.165) is 5.69 Å². The minimum absolute atomic E-state index is 0.0226. The van der Waals surface area contributed by atoms with Gasteiger partial charge in [-0.25, -0.2) is 8.78 Å². The van der Waals surface area contributed by atoms with Crippen molar-refractivity contribution >= 4 is 5.69 Å². The molecule has 78 valence electrons. The molecule has 0 spiro atoms. The highest BCUT2D eigenvalue weighted by molar-refractivity contribution is 5.46. The van der Waals surface area contributed by atoms with Gasteiger partial charge in [0.05, 0.1) is 23.6 Å². The van der Waals surface area contributed by atoms with Crippen molar-refractivity contribution in [2.24, 2.45) is 5.92 Å². The number of aryl methyl sites for hydroxylation is 1. The molecule has 2 rings (SSSR count). The highest BCUT2D eigenvalue weighted by atomic mass is 19.3. The van der Waals surface area contributed by atoms with E-state index in [9.17, 15) is 8.78 Å². The second-order valence-corrected chi connectivity index (χ2v) is 3.93. The molecule has 1 aromatic heterocycles. The van der Waals surface area contributed by atoms with Gasteiger partial charge in [0, 0.05) is 12.3 Å². The standard InChI is InChI=1S/C9H13F2N3/c1-5-8(12)6(2)14(13-5)4-7-3-9(7,10)11/h7H,3-4,12H2,1-2H3. The average molecular weight is 201 g/mol. The molecule has 1 heterocycles. The molecule has 3 nitrogen and oxygen atoms in total. The molecule has 1 saturated carbocycles. The average Bonchev–Trinajstić information content (AvgIpc) is 2.62. The van der Waals surface area contributed by atoms with Gasteiger partial charge in [0.2, 0.25) is 0 Å². The summed E-state index contributed by atoms with van der Waals surface area (Å²) in [4.78, 5) is 0. The molecule has 5 heteroatoms. The number of aromatic nitrogens is 2. The van der Waals surface area contributed by atoms with E-state index in [1.54, 1.807) is 18.5 Å². The molecule has 1 fully saturated rings. The molecular formula is C9H13F2N3. The van der Waals surface area contributed by atoms with Crippen molar-refractivity contribution in [3.05, 3.63) is 11.4 Å². The molecule has 1 aliphatic carbocycles. The molecule has 0 saturated heterocycles. The van der Waals surface area contributed by atoms with Gasteiger partial charge in [-0.2, -0.15) is 5.10 Å². The van der Waals surface area contributed by atoms with Crippen LogP contribution in [-0.4, -0.2) is 15.7 Å². The van der Waals surface area contributed by atoms with E-state index >= 15 is 0 Å². The third-order valence-corrected chi connectivity index (χ3v) is 2.79. The van der Waals surface area contributed by atoms with Crippen molar-refractivity contribution in [1.82, 2.24) is 9.78 Å². The molecule has 14 heavy (non-hydrogen) atoms. The Bertz CT molecular complexity index is 370. The zero-order chi connectivity index (χ0) is 10.5. The number of hydrogen-bond acceptors (Lipinski definition) is 2. The lowest BCUT2D eigenvalue weighted by molar-refractivity contribution is 0.0941. The summed E-state index contributed by atoms with van der Waals surface area (Å²) in [6, 6.07) is 0. The number of anilines is 1. The van der Waals surface area contributed by atoms with E-state index in [1.807, 2.05) is 0 Å². The summed E-state index contributed by atoms with van der Waals surface area (Å²) in [5, 5.41) is 4.11. The highest BCUT2D eigenvalue weighted by Gasteiger charge is 2.56. The van der Waals surface area contributed by atoms with Crippen LogP contribution in [0.15, 0.2) is 0 Å². The van der Waals surface area contributed by atoms with Gasteiger partial charge in [-0.3, -0.25) is 4.68 Å². The summed E-state index contributed by atoms with van der Waals surface area (Å²) >= 11 is 0. The third kappa shape index (κ3) is 1.36. The van der Waals surface area contributed by atoms with E-state index in [0.29, 0.717) is 11.4 Å². The fourth-order valence-electron chi connectivity index (χ4n) is 1.56. The van der Waals surface area contributed by atoms with Gasteiger partial charge < -0.3 is 5.73 Å². The van der Waals surface area contributed by atoms with E-state index in [1.165, 1.54) is 0 Å². The van der Waals surface area contributed by atoms with Gasteiger partial charge in [0.1, 0.15) is 0 Å². The largest absolute Gasteiger partial charge is 0.396 e. The van der Waals surface area contributed by atoms with Crippen LogP contribution in [0.3, 0.4) is 0 Å². The van der Waals surface area contributed by atoms with Gasteiger partial charge in [0.15, 0.2) is 0 Å². The molecule has 0 amide bonds. The maximum atomic E-state index is 12.6. The predicted octanol–water partition coefficient (Wildman–Crippen LogP) is 1.74. The van der Waals surface area contributed by atoms with E-state index in [4.69, 9.17) is 5.73 Å². The van der Waals surface area contributed by atoms with Crippen LogP contribution in [0.4, 0.5) is 14.5 Å². The quantitative estimate of drug-likeness (QED) is 0.792. The van der Waals surface area contributed by atoms with Gasteiger partial charge in [-0.05, 0) is 13.8 Å². The van der Waals surface area contributed by atoms with Crippen molar-refractivity contribution < 1.29 is 8.78 Å². The maximum absolute atomic E-state index is 12.6. The first-order valence-corrected chi connectivity index (χ1v) is 4.59. The Balaban J connectivity index is 2.15. The Kier molecular flexibility index (Phi) is 1.81. The summed E-state index contributed by atoms with van der Waals surface area (Å²) < 4.78 is 26.9. The Morgan fingerprint density at radius 2 is 2.14 bits per heavy atom. The summed E-state index contributed by atoms with van der Waals surface area (Å²) in [5.74, 6) is -3.04. The number of hydrogen-bond donors (Lipinski definition) is 1. The molecule has 1 unspecified atom stereocenters. The number of nitrogens with zero attached hydrogens (tertiary/aromatic N) is 2. The Morgan fingerprint density at radius 3 is 2.50 bits per heavy atom. The topological polar surface area (TPSA) is 43.8 Å². The molecule has 0 bridgehead atoms. The predicted molar refractivity (Wildman–Crippen MR) is 49.2 cm³/mol. The van der Waals surface area contributed by atoms with Crippen LogP contribution in [-0.2, 0) is 6.54 Å². The zero-order valence-electron chi connectivity index (χ0n) is 8.22. The van der Waals surface area contributed by atoms with Crippen LogP contribution in [0.25, 0.3) is 0 Å². The summed E-state index contributed by atoms with van der Waals surface area (Å²) in [6.07, 6.45) is -0.0226. The Morgan fingerprint density at radius 1 is 1.57 bits per heavy atom. The number of alkyl halides is 2. The number of halogens is 2. The van der Waals surface area contributed by atoms with E-state index in [-0.39, 0.29) is 13.0 Å². The second-order valence-electron chi connectivity index (χ2n) is 3.93. The lowest BCUT2D eigenvalue weighted by Gasteiger charge is -2.02. The zero-order valence-corrected chi connectivity index (χ0v) is 8.22. The summed E-state index contributed by atoms with van der Waals surface area (Å²) in [5.41, 5.74) is 7.80. The van der Waals surface area contributed by atoms with E-state index < -0.39 is 11.8 Å². The smallest absolute Gasteiger partial charge is 0.253 e. The molecule has 0 aliphatic heterocycles. The number of nitrogens with two attached hydrogens (primary N) is 1. The number of nitrogen functional groups attached to an aromatic ring is 1. The Hall–Kier alpha value is -1.13. The molecular weight excluding hydrogens is 188 g/mol. The summed E-state index contributed by atoms with van der Waals surface area (Å²) in [7, 11) is 0. The van der Waals surface area contributed by atoms with Gasteiger partial charge in [-0.15, -0.1) is 0 Å². The second kappa shape index (κ2) is 2.68. The Labute approximate surface area is 80.9 Å². The highest BCUT2D eigenvalue weighted by Crippen LogP contribution is 2.49. The molecule has 1 aliphatic rings. The molecule has 0 aromatic carbocycles. The minimum atomic E-state index is -2.49. The summed E-state index contributed by atoms with van der Waals surface area (Å²) in [6.45, 7) is 3.86. The minimum Gasteiger partial charge on any atom is -0.396 e. The SMILES string of the molecule is Cc1nn(CC2CC2(F)F)c(C)c1N. The van der Waals surface area contributed by atoms with Crippen molar-refractivity contribution in [2.75, 3.05) is 5.73 Å². The van der Waals surface area contributed by atoms with Crippen LogP contribution >= 0.6 is 0 Å². The van der Waals surface area contributed by atoms with Crippen molar-refractivity contribution in [3.8, 4) is 0 Å². The molecule has 2 N–H and O–H groups in total. The first kappa shape index (κ1) is 9.43. The van der Waals surface area contributed by atoms with Crippen LogP contribution in [0.1, 0.15) is 17.8 Å². The van der Waals surface area contributed by atoms with Crippen molar-refractivity contribution in [2.45, 2.75) is 32.7 Å². The lowest BCUT2D eigenvalue weighted by Crippen LogP contribution is -2.08. The van der Waals surface area contributed by atoms with Crippen LogP contribution in [0, 0.1) is 19.8 Å². The maximum Gasteiger partial charge on any atom is 0.253 e. The monoisotopic (exact) mass is 201 g/mol. The normalized spacial score (nSPS) is 23.9. The van der Waals surface area contributed by atoms with Gasteiger partial charge in [0.25, 0.3) is 5.92 Å². The van der Waals surface area contributed by atoms with Crippen molar-refractivity contribution in [1.29, 1.82) is 0 Å². The fraction of sp³-hybridized carbons (Fsp3) is 0.667. The van der Waals surface area contributed by atoms with Crippen LogP contribution < -0.4 is 5.73 Å². The first-order valence-electron chi connectivity index (χ1n) is 4.59. The fourth-order valence-corrected chi connectivity index (χ4v) is 1.56. The third-order valence-electron chi connectivity index (χ3n) is 2.79. The first-order chi connectivity index (χ1) is 6.42. The molecule has 1 atom stereocenters. The van der Waals surface area contributed by atoms with Crippen LogP contribution in [0.2, 0.25) is 0 Å². The van der Waals surface area contributed by atoms with Crippen LogP contribution in [0.5, 0.6) is 0 Å². The van der Waals surface area contributed by atoms with Crippen molar-refractivity contribution in [3.63, 3.8) is 0 Å². The van der Waals surface area contributed by atoms with E-state index in [2.05, 4.69) is 5.10 Å². The molecule has 0 radical (unpaired) electrons. The number of rotatable bonds is 2. The molecule has 1 aromatic rings. The lowest BCUT2D eigenvalue weighted by atomic mass is 10.3. The van der Waals surface area contributed by atoms with Gasteiger partial charge >= 0.3 is 0 Å².